The number of amides is 1. The van der Waals surface area contributed by atoms with Crippen molar-refractivity contribution in [3.05, 3.63) is 35.1 Å². The van der Waals surface area contributed by atoms with E-state index in [0.717, 1.165) is 30.6 Å². The normalized spacial score (nSPS) is 21.2. The molecule has 1 aromatic rings. The summed E-state index contributed by atoms with van der Waals surface area (Å²) in [6.07, 6.45) is -0.182. The lowest BCUT2D eigenvalue weighted by Crippen LogP contribution is -2.35. The van der Waals surface area contributed by atoms with Crippen LogP contribution in [-0.2, 0) is 0 Å². The predicted molar refractivity (Wildman–Crippen MR) is 70.7 cm³/mol. The molecule has 0 radical (unpaired) electrons. The van der Waals surface area contributed by atoms with Crippen molar-refractivity contribution in [3.8, 4) is 0 Å². The first kappa shape index (κ1) is 13.8. The molecule has 4 nitrogen and oxygen atoms in total. The molecule has 1 aliphatic heterocycles. The molecule has 1 saturated heterocycles. The maximum absolute atomic E-state index is 13.2. The van der Waals surface area contributed by atoms with Gasteiger partial charge in [0, 0.05) is 19.6 Å². The number of nitrogens with zero attached hydrogens (tertiary/aromatic N) is 2. The number of aryl methyl sites for hydroxylation is 1. The van der Waals surface area contributed by atoms with Gasteiger partial charge in [-0.25, -0.2) is 9.18 Å². The number of rotatable bonds is 1. The van der Waals surface area contributed by atoms with E-state index in [9.17, 15) is 14.3 Å². The molecule has 1 amide bonds. The summed E-state index contributed by atoms with van der Waals surface area (Å²) >= 11 is 0. The zero-order valence-corrected chi connectivity index (χ0v) is 11.3. The predicted octanol–water partition coefficient (Wildman–Crippen LogP) is 2.49. The Labute approximate surface area is 112 Å². The molecule has 2 rings (SSSR count). The summed E-state index contributed by atoms with van der Waals surface area (Å²) in [5, 5.41) is 9.36. The van der Waals surface area contributed by atoms with E-state index in [4.69, 9.17) is 0 Å². The third-order valence-electron chi connectivity index (χ3n) is 3.72. The van der Waals surface area contributed by atoms with Gasteiger partial charge in [-0.15, -0.1) is 0 Å². The Morgan fingerprint density at radius 3 is 2.74 bits per heavy atom. The van der Waals surface area contributed by atoms with E-state index < -0.39 is 6.09 Å². The molecule has 0 bridgehead atoms. The summed E-state index contributed by atoms with van der Waals surface area (Å²) in [4.78, 5) is 15.0. The Morgan fingerprint density at radius 1 is 1.37 bits per heavy atom. The summed E-state index contributed by atoms with van der Waals surface area (Å²) < 4.78 is 13.2. The molecular weight excluding hydrogens is 247 g/mol. The van der Waals surface area contributed by atoms with Crippen molar-refractivity contribution in [2.24, 2.45) is 0 Å². The van der Waals surface area contributed by atoms with Crippen LogP contribution in [0.2, 0.25) is 0 Å². The fourth-order valence-electron chi connectivity index (χ4n) is 2.61. The number of hydrogen-bond donors (Lipinski definition) is 1. The number of carbonyl (C=O) groups is 1. The number of halogens is 1. The second kappa shape index (κ2) is 5.57. The number of benzene rings is 1. The Kier molecular flexibility index (Phi) is 4.04. The zero-order chi connectivity index (χ0) is 14.0. The van der Waals surface area contributed by atoms with Crippen LogP contribution in [0.1, 0.15) is 23.6 Å². The van der Waals surface area contributed by atoms with Gasteiger partial charge in [-0.2, -0.15) is 0 Å². The SMILES string of the molecule is Cc1cc(F)ccc1[C@H]1CCN(C)CCN1C(=O)O. The van der Waals surface area contributed by atoms with Gasteiger partial charge >= 0.3 is 6.09 Å². The van der Waals surface area contributed by atoms with E-state index in [2.05, 4.69) is 4.90 Å². The van der Waals surface area contributed by atoms with E-state index in [1.807, 2.05) is 14.0 Å². The van der Waals surface area contributed by atoms with Crippen molar-refractivity contribution in [2.45, 2.75) is 19.4 Å². The van der Waals surface area contributed by atoms with Gasteiger partial charge in [0.05, 0.1) is 6.04 Å². The summed E-state index contributed by atoms with van der Waals surface area (Å²) in [5.74, 6) is -0.283. The molecule has 1 fully saturated rings. The first-order chi connectivity index (χ1) is 8.99. The minimum atomic E-state index is -0.913. The standard InChI is InChI=1S/C14H19FN2O2/c1-10-9-11(15)3-4-12(10)13-5-6-16(2)7-8-17(13)14(18)19/h3-4,9,13H,5-8H2,1-2H3,(H,18,19)/t13-/m1/s1. The summed E-state index contributed by atoms with van der Waals surface area (Å²) in [6, 6.07) is 4.38. The molecule has 0 spiro atoms. The fraction of sp³-hybridized carbons (Fsp3) is 0.500. The quantitative estimate of drug-likeness (QED) is 0.849. The Bertz CT molecular complexity index is 479. The molecule has 1 N–H and O–H groups in total. The molecule has 5 heteroatoms. The number of likely N-dealkylation sites (N-methyl/N-ethyl adjacent to an activating group) is 1. The van der Waals surface area contributed by atoms with Crippen LogP contribution in [0, 0.1) is 12.7 Å². The highest BCUT2D eigenvalue weighted by atomic mass is 19.1. The molecule has 1 aliphatic rings. The Balaban J connectivity index is 2.34. The van der Waals surface area contributed by atoms with Gasteiger partial charge in [-0.1, -0.05) is 6.07 Å². The molecule has 1 aromatic carbocycles. The van der Waals surface area contributed by atoms with Crippen molar-refractivity contribution >= 4 is 6.09 Å². The van der Waals surface area contributed by atoms with Crippen LogP contribution in [0.15, 0.2) is 18.2 Å². The van der Waals surface area contributed by atoms with Crippen molar-refractivity contribution in [2.75, 3.05) is 26.7 Å². The second-order valence-electron chi connectivity index (χ2n) is 5.08. The molecule has 1 atom stereocenters. The summed E-state index contributed by atoms with van der Waals surface area (Å²) in [5.41, 5.74) is 1.71. The monoisotopic (exact) mass is 266 g/mol. The van der Waals surface area contributed by atoms with Crippen LogP contribution < -0.4 is 0 Å². The van der Waals surface area contributed by atoms with Crippen LogP contribution in [0.5, 0.6) is 0 Å². The van der Waals surface area contributed by atoms with Crippen molar-refractivity contribution in [1.82, 2.24) is 9.80 Å². The third-order valence-corrected chi connectivity index (χ3v) is 3.72. The van der Waals surface area contributed by atoms with Gasteiger partial charge in [-0.3, -0.25) is 4.90 Å². The minimum absolute atomic E-state index is 0.192. The lowest BCUT2D eigenvalue weighted by Gasteiger charge is -2.28. The molecule has 0 aromatic heterocycles. The van der Waals surface area contributed by atoms with E-state index in [1.54, 1.807) is 6.07 Å². The highest BCUT2D eigenvalue weighted by Gasteiger charge is 2.28. The average Bonchev–Trinajstić information content (AvgIpc) is 2.51. The summed E-state index contributed by atoms with van der Waals surface area (Å²) in [7, 11) is 1.99. The molecule has 0 saturated carbocycles. The van der Waals surface area contributed by atoms with Crippen molar-refractivity contribution in [3.63, 3.8) is 0 Å². The Morgan fingerprint density at radius 2 is 2.11 bits per heavy atom. The van der Waals surface area contributed by atoms with Gasteiger partial charge in [-0.05, 0) is 43.7 Å². The van der Waals surface area contributed by atoms with E-state index in [-0.39, 0.29) is 11.9 Å². The second-order valence-corrected chi connectivity index (χ2v) is 5.08. The smallest absolute Gasteiger partial charge is 0.407 e. The van der Waals surface area contributed by atoms with Crippen LogP contribution in [0.25, 0.3) is 0 Å². The van der Waals surface area contributed by atoms with Gasteiger partial charge in [0.1, 0.15) is 5.82 Å². The van der Waals surface area contributed by atoms with Gasteiger partial charge in [0.2, 0.25) is 0 Å². The number of carboxylic acid groups (broad SMARTS) is 1. The molecule has 0 unspecified atom stereocenters. The molecule has 104 valence electrons. The average molecular weight is 266 g/mol. The molecule has 0 aliphatic carbocycles. The highest BCUT2D eigenvalue weighted by molar-refractivity contribution is 5.66. The first-order valence-electron chi connectivity index (χ1n) is 6.43. The van der Waals surface area contributed by atoms with Crippen LogP contribution >= 0.6 is 0 Å². The largest absolute Gasteiger partial charge is 0.465 e. The van der Waals surface area contributed by atoms with Crippen LogP contribution in [0.4, 0.5) is 9.18 Å². The lowest BCUT2D eigenvalue weighted by molar-refractivity contribution is 0.126. The lowest BCUT2D eigenvalue weighted by atomic mass is 9.97. The van der Waals surface area contributed by atoms with Gasteiger partial charge in [0.25, 0.3) is 0 Å². The minimum Gasteiger partial charge on any atom is -0.465 e. The van der Waals surface area contributed by atoms with E-state index in [1.165, 1.54) is 17.0 Å². The van der Waals surface area contributed by atoms with E-state index in [0.29, 0.717) is 6.54 Å². The fourth-order valence-corrected chi connectivity index (χ4v) is 2.61. The molecular formula is C14H19FN2O2. The van der Waals surface area contributed by atoms with Crippen LogP contribution in [-0.4, -0.2) is 47.7 Å². The summed E-state index contributed by atoms with van der Waals surface area (Å²) in [6.45, 7) is 3.87. The van der Waals surface area contributed by atoms with Crippen LogP contribution in [0.3, 0.4) is 0 Å². The van der Waals surface area contributed by atoms with E-state index >= 15 is 0 Å². The van der Waals surface area contributed by atoms with Gasteiger partial charge < -0.3 is 10.0 Å². The van der Waals surface area contributed by atoms with Crippen molar-refractivity contribution < 1.29 is 14.3 Å². The first-order valence-corrected chi connectivity index (χ1v) is 6.43. The maximum atomic E-state index is 13.2. The molecule has 19 heavy (non-hydrogen) atoms. The van der Waals surface area contributed by atoms with Gasteiger partial charge in [0.15, 0.2) is 0 Å². The third kappa shape index (κ3) is 3.04. The van der Waals surface area contributed by atoms with Crippen molar-refractivity contribution in [1.29, 1.82) is 0 Å². The zero-order valence-electron chi connectivity index (χ0n) is 11.3. The Hall–Kier alpha value is -1.62. The number of hydrogen-bond acceptors (Lipinski definition) is 2. The molecule has 1 heterocycles. The maximum Gasteiger partial charge on any atom is 0.407 e. The topological polar surface area (TPSA) is 43.8 Å². The highest BCUT2D eigenvalue weighted by Crippen LogP contribution is 2.29.